The van der Waals surface area contributed by atoms with Crippen LogP contribution >= 0.6 is 34.2 Å². The minimum Gasteiger partial charge on any atom is -0.252 e. The van der Waals surface area contributed by atoms with Crippen molar-refractivity contribution in [2.75, 3.05) is 0 Å². The number of benzene rings is 1. The number of hydrogen-bond donors (Lipinski definition) is 0. The molecule has 1 saturated carbocycles. The lowest BCUT2D eigenvalue weighted by atomic mass is 10.0. The number of pyridine rings is 1. The first-order chi connectivity index (χ1) is 8.66. The summed E-state index contributed by atoms with van der Waals surface area (Å²) in [4.78, 5) is 4.89. The zero-order valence-corrected chi connectivity index (χ0v) is 13.3. The van der Waals surface area contributed by atoms with Crippen molar-refractivity contribution < 1.29 is 0 Å². The van der Waals surface area contributed by atoms with Gasteiger partial charge in [0.15, 0.2) is 0 Å². The Morgan fingerprint density at radius 2 is 2.00 bits per heavy atom. The molecule has 94 valence electrons. The van der Waals surface area contributed by atoms with E-state index in [1.165, 1.54) is 40.5 Å². The summed E-state index contributed by atoms with van der Waals surface area (Å²) in [5, 5.41) is 1.97. The molecule has 1 nitrogen and oxygen atoms in total. The average molecular weight is 372 g/mol. The fourth-order valence-corrected chi connectivity index (χ4v) is 4.02. The molecule has 1 aromatic heterocycles. The second-order valence-corrected chi connectivity index (χ2v) is 6.67. The molecule has 0 N–H and O–H groups in total. The molecule has 0 bridgehead atoms. The summed E-state index contributed by atoms with van der Waals surface area (Å²) in [6, 6.07) is 6.33. The first-order valence-electron chi connectivity index (χ1n) is 6.42. The Hall–Kier alpha value is -0.350. The lowest BCUT2D eigenvalue weighted by molar-refractivity contribution is 0.701. The minimum atomic E-state index is 0.615. The predicted molar refractivity (Wildman–Crippen MR) is 85.4 cm³/mol. The molecule has 1 aromatic carbocycles. The molecule has 1 aliphatic carbocycles. The molecule has 3 rings (SSSR count). The van der Waals surface area contributed by atoms with Crippen LogP contribution in [0.4, 0.5) is 0 Å². The van der Waals surface area contributed by atoms with Crippen LogP contribution < -0.4 is 0 Å². The molecule has 0 radical (unpaired) electrons. The van der Waals surface area contributed by atoms with E-state index in [1.807, 2.05) is 0 Å². The predicted octanol–water partition coefficient (Wildman–Crippen LogP) is 5.46. The third-order valence-corrected chi connectivity index (χ3v) is 5.05. The van der Waals surface area contributed by atoms with Gasteiger partial charge in [0.05, 0.1) is 10.5 Å². The molecular weight excluding hydrogens is 357 g/mol. The first-order valence-corrected chi connectivity index (χ1v) is 7.88. The molecule has 0 amide bonds. The van der Waals surface area contributed by atoms with Crippen LogP contribution in [0.25, 0.3) is 10.9 Å². The maximum Gasteiger partial charge on any atom is 0.0760 e. The number of nitrogens with zero attached hydrogens (tertiary/aromatic N) is 1. The van der Waals surface area contributed by atoms with Crippen LogP contribution in [0.1, 0.15) is 42.9 Å². The van der Waals surface area contributed by atoms with E-state index >= 15 is 0 Å². The maximum absolute atomic E-state index is 6.47. The monoisotopic (exact) mass is 371 g/mol. The Morgan fingerprint density at radius 3 is 2.72 bits per heavy atom. The largest absolute Gasteiger partial charge is 0.252 e. The molecule has 18 heavy (non-hydrogen) atoms. The van der Waals surface area contributed by atoms with Crippen LogP contribution in [-0.2, 0) is 0 Å². The topological polar surface area (TPSA) is 12.9 Å². The lowest BCUT2D eigenvalue weighted by Crippen LogP contribution is -1.99. The van der Waals surface area contributed by atoms with Crippen LogP contribution in [0, 0.1) is 10.5 Å². The Bertz CT molecular complexity index is 603. The molecule has 0 saturated heterocycles. The Balaban J connectivity index is 2.23. The van der Waals surface area contributed by atoms with E-state index < -0.39 is 0 Å². The maximum atomic E-state index is 6.47. The number of aromatic nitrogens is 1. The van der Waals surface area contributed by atoms with Gasteiger partial charge in [0.25, 0.3) is 0 Å². The van der Waals surface area contributed by atoms with Gasteiger partial charge < -0.3 is 0 Å². The van der Waals surface area contributed by atoms with E-state index in [0.29, 0.717) is 5.92 Å². The minimum absolute atomic E-state index is 0.615. The zero-order valence-electron chi connectivity index (χ0n) is 10.3. The van der Waals surface area contributed by atoms with Crippen molar-refractivity contribution in [3.63, 3.8) is 0 Å². The van der Waals surface area contributed by atoms with E-state index in [0.717, 1.165) is 15.9 Å². The van der Waals surface area contributed by atoms with Gasteiger partial charge in [0, 0.05) is 20.6 Å². The highest BCUT2D eigenvalue weighted by atomic mass is 127. The molecule has 1 fully saturated rings. The van der Waals surface area contributed by atoms with Crippen molar-refractivity contribution in [1.29, 1.82) is 0 Å². The second kappa shape index (κ2) is 4.97. The highest BCUT2D eigenvalue weighted by molar-refractivity contribution is 14.1. The number of rotatable bonds is 1. The van der Waals surface area contributed by atoms with E-state index in [2.05, 4.69) is 47.7 Å². The van der Waals surface area contributed by atoms with Crippen molar-refractivity contribution in [2.24, 2.45) is 0 Å². The SMILES string of the molecule is Cc1ccc(I)c2c(Cl)cc(C3CCCC3)nc12. The molecule has 0 atom stereocenters. The Labute approximate surface area is 126 Å². The van der Waals surface area contributed by atoms with E-state index in [-0.39, 0.29) is 0 Å². The molecule has 1 heterocycles. The molecule has 0 unspecified atom stereocenters. The standard InChI is InChI=1S/C15H15ClIN/c1-9-6-7-12(17)14-11(16)8-13(18-15(9)14)10-4-2-3-5-10/h6-8,10H,2-5H2,1H3. The van der Waals surface area contributed by atoms with Gasteiger partial charge in [-0.1, -0.05) is 30.5 Å². The lowest BCUT2D eigenvalue weighted by Gasteiger charge is -2.13. The van der Waals surface area contributed by atoms with Crippen LogP contribution in [0.5, 0.6) is 0 Å². The van der Waals surface area contributed by atoms with Crippen molar-refractivity contribution >= 4 is 45.1 Å². The smallest absolute Gasteiger partial charge is 0.0760 e. The number of halogens is 2. The fraction of sp³-hybridized carbons (Fsp3) is 0.400. The van der Waals surface area contributed by atoms with Gasteiger partial charge in [-0.2, -0.15) is 0 Å². The summed E-state index contributed by atoms with van der Waals surface area (Å²) >= 11 is 8.81. The van der Waals surface area contributed by atoms with Crippen LogP contribution in [0.2, 0.25) is 5.02 Å². The summed E-state index contributed by atoms with van der Waals surface area (Å²) in [5.74, 6) is 0.615. The highest BCUT2D eigenvalue weighted by Gasteiger charge is 2.20. The fourth-order valence-electron chi connectivity index (χ4n) is 2.84. The summed E-state index contributed by atoms with van der Waals surface area (Å²) < 4.78 is 1.18. The summed E-state index contributed by atoms with van der Waals surface area (Å²) in [6.45, 7) is 2.11. The van der Waals surface area contributed by atoms with Crippen molar-refractivity contribution in [3.05, 3.63) is 38.0 Å². The molecular formula is C15H15ClIN. The van der Waals surface area contributed by atoms with Crippen molar-refractivity contribution in [1.82, 2.24) is 4.98 Å². The molecule has 0 aliphatic heterocycles. The van der Waals surface area contributed by atoms with Crippen LogP contribution in [-0.4, -0.2) is 4.98 Å². The normalized spacial score (nSPS) is 16.6. The summed E-state index contributed by atoms with van der Waals surface area (Å²) in [6.07, 6.45) is 5.18. The van der Waals surface area contributed by atoms with Gasteiger partial charge in [-0.15, -0.1) is 0 Å². The zero-order chi connectivity index (χ0) is 12.7. The van der Waals surface area contributed by atoms with Gasteiger partial charge in [0.2, 0.25) is 0 Å². The Morgan fingerprint density at radius 1 is 1.28 bits per heavy atom. The third-order valence-electron chi connectivity index (χ3n) is 3.86. The third kappa shape index (κ3) is 2.14. The van der Waals surface area contributed by atoms with Gasteiger partial charge in [-0.25, -0.2) is 0 Å². The first kappa shape index (κ1) is 12.7. The summed E-state index contributed by atoms with van der Waals surface area (Å²) in [5.41, 5.74) is 3.48. The number of hydrogen-bond acceptors (Lipinski definition) is 1. The number of fused-ring (bicyclic) bond motifs is 1. The van der Waals surface area contributed by atoms with Crippen LogP contribution in [0.15, 0.2) is 18.2 Å². The quantitative estimate of drug-likeness (QED) is 0.607. The average Bonchev–Trinajstić information content (AvgIpc) is 2.87. The van der Waals surface area contributed by atoms with Gasteiger partial charge in [-0.05, 0) is 60.1 Å². The molecule has 3 heteroatoms. The van der Waals surface area contributed by atoms with Gasteiger partial charge >= 0.3 is 0 Å². The van der Waals surface area contributed by atoms with Crippen LogP contribution in [0.3, 0.4) is 0 Å². The van der Waals surface area contributed by atoms with Crippen molar-refractivity contribution in [3.8, 4) is 0 Å². The van der Waals surface area contributed by atoms with E-state index in [4.69, 9.17) is 16.6 Å². The number of aryl methyl sites for hydroxylation is 1. The summed E-state index contributed by atoms with van der Waals surface area (Å²) in [7, 11) is 0. The molecule has 2 aromatic rings. The Kier molecular flexibility index (Phi) is 3.50. The second-order valence-electron chi connectivity index (χ2n) is 5.10. The molecule has 1 aliphatic rings. The van der Waals surface area contributed by atoms with E-state index in [9.17, 15) is 0 Å². The van der Waals surface area contributed by atoms with E-state index in [1.54, 1.807) is 0 Å². The molecule has 0 spiro atoms. The van der Waals surface area contributed by atoms with Gasteiger partial charge in [0.1, 0.15) is 0 Å². The highest BCUT2D eigenvalue weighted by Crippen LogP contribution is 2.37. The van der Waals surface area contributed by atoms with Crippen molar-refractivity contribution in [2.45, 2.75) is 38.5 Å². The van der Waals surface area contributed by atoms with Gasteiger partial charge in [-0.3, -0.25) is 4.98 Å².